The molecule has 0 bridgehead atoms. The summed E-state index contributed by atoms with van der Waals surface area (Å²) in [4.78, 5) is 12.1. The summed E-state index contributed by atoms with van der Waals surface area (Å²) >= 11 is 23.7. The number of amides is 1. The topological polar surface area (TPSA) is 38.3 Å². The van der Waals surface area contributed by atoms with Crippen LogP contribution in [0.5, 0.6) is 5.75 Å². The van der Waals surface area contributed by atoms with Crippen LogP contribution < -0.4 is 10.1 Å². The summed E-state index contributed by atoms with van der Waals surface area (Å²) in [6.45, 7) is 1.60. The first kappa shape index (κ1) is 17.2. The van der Waals surface area contributed by atoms with E-state index in [1.807, 2.05) is 0 Å². The van der Waals surface area contributed by atoms with Crippen molar-refractivity contribution >= 4 is 58.0 Å². The zero-order valence-electron chi connectivity index (χ0n) is 11.4. The molecule has 116 valence electrons. The minimum Gasteiger partial charge on any atom is -0.479 e. The number of rotatable bonds is 4. The maximum absolute atomic E-state index is 12.1. The Morgan fingerprint density at radius 3 is 2.36 bits per heavy atom. The summed E-state index contributed by atoms with van der Waals surface area (Å²) in [5, 5.41) is 4.13. The summed E-state index contributed by atoms with van der Waals surface area (Å²) in [6, 6.07) is 9.70. The Hall–Kier alpha value is -1.13. The van der Waals surface area contributed by atoms with E-state index in [-0.39, 0.29) is 10.9 Å². The molecular formula is C15H11Cl4NO2. The number of hydrogen-bond donors (Lipinski definition) is 1. The molecule has 2 aromatic rings. The van der Waals surface area contributed by atoms with Crippen molar-refractivity contribution in [3.63, 3.8) is 0 Å². The quantitative estimate of drug-likeness (QED) is 0.740. The van der Waals surface area contributed by atoms with Crippen molar-refractivity contribution in [3.05, 3.63) is 56.5 Å². The second kappa shape index (κ2) is 7.42. The van der Waals surface area contributed by atoms with E-state index in [1.165, 1.54) is 0 Å². The van der Waals surface area contributed by atoms with E-state index in [2.05, 4.69) is 5.32 Å². The highest BCUT2D eigenvalue weighted by Crippen LogP contribution is 2.32. The Morgan fingerprint density at radius 1 is 1.09 bits per heavy atom. The molecule has 0 heterocycles. The molecule has 1 N–H and O–H groups in total. The van der Waals surface area contributed by atoms with Gasteiger partial charge in [-0.05, 0) is 37.3 Å². The lowest BCUT2D eigenvalue weighted by Gasteiger charge is -2.16. The molecule has 0 spiro atoms. The Bertz CT molecular complexity index is 686. The van der Waals surface area contributed by atoms with Gasteiger partial charge >= 0.3 is 0 Å². The minimum atomic E-state index is -0.784. The van der Waals surface area contributed by atoms with E-state index >= 15 is 0 Å². The molecule has 3 nitrogen and oxygen atoms in total. The Kier molecular flexibility index (Phi) is 5.81. The van der Waals surface area contributed by atoms with Crippen LogP contribution in [0, 0.1) is 0 Å². The van der Waals surface area contributed by atoms with Gasteiger partial charge in [0, 0.05) is 15.7 Å². The smallest absolute Gasteiger partial charge is 0.265 e. The van der Waals surface area contributed by atoms with Gasteiger partial charge in [0.2, 0.25) is 0 Å². The van der Waals surface area contributed by atoms with Crippen LogP contribution in [0.15, 0.2) is 36.4 Å². The molecule has 0 saturated heterocycles. The minimum absolute atomic E-state index is 0.259. The van der Waals surface area contributed by atoms with Crippen molar-refractivity contribution in [1.29, 1.82) is 0 Å². The fourth-order valence-electron chi connectivity index (χ4n) is 1.69. The van der Waals surface area contributed by atoms with Crippen molar-refractivity contribution in [3.8, 4) is 5.75 Å². The van der Waals surface area contributed by atoms with Crippen LogP contribution in [0.4, 0.5) is 5.69 Å². The largest absolute Gasteiger partial charge is 0.479 e. The van der Waals surface area contributed by atoms with Gasteiger partial charge in [-0.15, -0.1) is 0 Å². The number of ether oxygens (including phenoxy) is 1. The molecule has 22 heavy (non-hydrogen) atoms. The Labute approximate surface area is 148 Å². The molecule has 2 rings (SSSR count). The molecule has 7 heteroatoms. The van der Waals surface area contributed by atoms with E-state index in [4.69, 9.17) is 51.1 Å². The lowest BCUT2D eigenvalue weighted by Crippen LogP contribution is -2.30. The van der Waals surface area contributed by atoms with Gasteiger partial charge in [-0.1, -0.05) is 52.5 Å². The van der Waals surface area contributed by atoms with E-state index in [0.717, 1.165) is 0 Å². The second-order valence-electron chi connectivity index (χ2n) is 4.46. The fourth-order valence-corrected chi connectivity index (χ4v) is 2.55. The van der Waals surface area contributed by atoms with Gasteiger partial charge in [0.1, 0.15) is 10.8 Å². The monoisotopic (exact) mass is 377 g/mol. The van der Waals surface area contributed by atoms with Gasteiger partial charge in [0.15, 0.2) is 6.10 Å². The van der Waals surface area contributed by atoms with E-state index in [1.54, 1.807) is 43.3 Å². The third kappa shape index (κ3) is 4.43. The highest BCUT2D eigenvalue weighted by atomic mass is 35.5. The molecule has 1 atom stereocenters. The van der Waals surface area contributed by atoms with E-state index in [0.29, 0.717) is 26.5 Å². The average Bonchev–Trinajstić information content (AvgIpc) is 2.42. The normalized spacial score (nSPS) is 11.9. The Morgan fingerprint density at radius 2 is 1.73 bits per heavy atom. The summed E-state index contributed by atoms with van der Waals surface area (Å²) in [5.41, 5.74) is 0.482. The van der Waals surface area contributed by atoms with Gasteiger partial charge in [0.25, 0.3) is 5.91 Å². The lowest BCUT2D eigenvalue weighted by molar-refractivity contribution is -0.122. The zero-order chi connectivity index (χ0) is 16.3. The number of hydrogen-bond acceptors (Lipinski definition) is 2. The SMILES string of the molecule is C[C@H](Oc1cccc(Cl)c1Cl)C(=O)Nc1cc(Cl)cc(Cl)c1. The second-order valence-corrected chi connectivity index (χ2v) is 6.12. The number of carbonyl (C=O) groups excluding carboxylic acids is 1. The number of nitrogens with one attached hydrogen (secondary N) is 1. The number of anilines is 1. The van der Waals surface area contributed by atoms with Crippen molar-refractivity contribution in [1.82, 2.24) is 0 Å². The fraction of sp³-hybridized carbons (Fsp3) is 0.133. The number of benzene rings is 2. The molecule has 0 saturated carbocycles. The lowest BCUT2D eigenvalue weighted by atomic mass is 10.3. The first-order chi connectivity index (χ1) is 10.4. The van der Waals surface area contributed by atoms with Crippen LogP contribution in [0.2, 0.25) is 20.1 Å². The molecule has 0 aliphatic heterocycles. The van der Waals surface area contributed by atoms with Gasteiger partial charge in [-0.25, -0.2) is 0 Å². The molecular weight excluding hydrogens is 368 g/mol. The van der Waals surface area contributed by atoms with Crippen molar-refractivity contribution < 1.29 is 9.53 Å². The number of halogens is 4. The van der Waals surface area contributed by atoms with Gasteiger partial charge in [-0.3, -0.25) is 4.79 Å². The van der Waals surface area contributed by atoms with Crippen molar-refractivity contribution in [2.75, 3.05) is 5.32 Å². The first-order valence-electron chi connectivity index (χ1n) is 6.24. The predicted octanol–water partition coefficient (Wildman–Crippen LogP) is 5.71. The van der Waals surface area contributed by atoms with Crippen molar-refractivity contribution in [2.45, 2.75) is 13.0 Å². The highest BCUT2D eigenvalue weighted by molar-refractivity contribution is 6.42. The molecule has 0 unspecified atom stereocenters. The average molecular weight is 379 g/mol. The van der Waals surface area contributed by atoms with Gasteiger partial charge in [-0.2, -0.15) is 0 Å². The number of carbonyl (C=O) groups is 1. The van der Waals surface area contributed by atoms with Crippen LogP contribution in [-0.4, -0.2) is 12.0 Å². The summed E-state index contributed by atoms with van der Waals surface area (Å²) in [6.07, 6.45) is -0.784. The molecule has 0 aliphatic rings. The van der Waals surface area contributed by atoms with Crippen molar-refractivity contribution in [2.24, 2.45) is 0 Å². The summed E-state index contributed by atoms with van der Waals surface area (Å²) in [7, 11) is 0. The van der Waals surface area contributed by atoms with Crippen LogP contribution >= 0.6 is 46.4 Å². The molecule has 2 aromatic carbocycles. The highest BCUT2D eigenvalue weighted by Gasteiger charge is 2.17. The molecule has 1 amide bonds. The molecule has 0 radical (unpaired) electrons. The molecule has 0 aliphatic carbocycles. The van der Waals surface area contributed by atoms with Gasteiger partial charge in [0.05, 0.1) is 5.02 Å². The third-order valence-electron chi connectivity index (χ3n) is 2.72. The van der Waals surface area contributed by atoms with Crippen LogP contribution in [-0.2, 0) is 4.79 Å². The predicted molar refractivity (Wildman–Crippen MR) is 91.6 cm³/mol. The van der Waals surface area contributed by atoms with Crippen LogP contribution in [0.3, 0.4) is 0 Å². The maximum Gasteiger partial charge on any atom is 0.265 e. The third-order valence-corrected chi connectivity index (χ3v) is 3.96. The maximum atomic E-state index is 12.1. The van der Waals surface area contributed by atoms with E-state index in [9.17, 15) is 4.79 Å². The molecule has 0 fully saturated rings. The molecule has 0 aromatic heterocycles. The first-order valence-corrected chi connectivity index (χ1v) is 7.75. The summed E-state index contributed by atoms with van der Waals surface area (Å²) < 4.78 is 5.53. The van der Waals surface area contributed by atoms with E-state index < -0.39 is 6.10 Å². The standard InChI is InChI=1S/C15H11Cl4NO2/c1-8(22-13-4-2-3-12(18)14(13)19)15(21)20-11-6-9(16)5-10(17)7-11/h2-8H,1H3,(H,20,21)/t8-/m0/s1. The van der Waals surface area contributed by atoms with Crippen LogP contribution in [0.25, 0.3) is 0 Å². The van der Waals surface area contributed by atoms with Gasteiger partial charge < -0.3 is 10.1 Å². The van der Waals surface area contributed by atoms with Crippen LogP contribution in [0.1, 0.15) is 6.92 Å². The zero-order valence-corrected chi connectivity index (χ0v) is 14.4. The Balaban J connectivity index is 2.07. The summed E-state index contributed by atoms with van der Waals surface area (Å²) in [5.74, 6) is -0.0321.